The molecule has 2 aliphatic rings. The van der Waals surface area contributed by atoms with Crippen LogP contribution in [-0.2, 0) is 20.9 Å². The Morgan fingerprint density at radius 3 is 2.61 bits per heavy atom. The molecule has 152 valence electrons. The maximum absolute atomic E-state index is 13.3. The maximum Gasteiger partial charge on any atom is 0.289 e. The second-order valence-corrected chi connectivity index (χ2v) is 7.52. The van der Waals surface area contributed by atoms with Gasteiger partial charge in [-0.15, -0.1) is 0 Å². The van der Waals surface area contributed by atoms with Crippen LogP contribution in [-0.4, -0.2) is 61.3 Å². The SMILES string of the molecule is CCC(=O)C(=O)N1CC[C@@]2(CCCN(Cc3cccc(OC)c3OC)C2=O)C1. The molecule has 2 heterocycles. The number of Topliss-reactive ketones (excluding diaryl/α,β-unsaturated/α-hetero) is 1. The number of hydrogen-bond acceptors (Lipinski definition) is 5. The van der Waals surface area contributed by atoms with Crippen molar-refractivity contribution in [2.75, 3.05) is 33.9 Å². The van der Waals surface area contributed by atoms with Gasteiger partial charge in [-0.3, -0.25) is 14.4 Å². The summed E-state index contributed by atoms with van der Waals surface area (Å²) in [5.41, 5.74) is 0.313. The van der Waals surface area contributed by atoms with E-state index < -0.39 is 17.1 Å². The number of ether oxygens (including phenoxy) is 2. The van der Waals surface area contributed by atoms with Gasteiger partial charge in [-0.25, -0.2) is 0 Å². The smallest absolute Gasteiger partial charge is 0.289 e. The molecule has 0 unspecified atom stereocenters. The summed E-state index contributed by atoms with van der Waals surface area (Å²) >= 11 is 0. The Morgan fingerprint density at radius 1 is 1.14 bits per heavy atom. The molecule has 0 saturated carbocycles. The number of nitrogens with zero attached hydrogens (tertiary/aromatic N) is 2. The summed E-state index contributed by atoms with van der Waals surface area (Å²) in [6, 6.07) is 5.64. The Labute approximate surface area is 165 Å². The number of carbonyl (C=O) groups excluding carboxylic acids is 3. The zero-order valence-electron chi connectivity index (χ0n) is 16.8. The van der Waals surface area contributed by atoms with E-state index in [1.807, 2.05) is 23.1 Å². The van der Waals surface area contributed by atoms with E-state index in [2.05, 4.69) is 0 Å². The molecule has 0 bridgehead atoms. The van der Waals surface area contributed by atoms with Crippen LogP contribution in [0.1, 0.15) is 38.2 Å². The number of hydrogen-bond donors (Lipinski definition) is 0. The molecule has 1 aromatic carbocycles. The van der Waals surface area contributed by atoms with Crippen LogP contribution in [0.5, 0.6) is 11.5 Å². The van der Waals surface area contributed by atoms with Crippen molar-refractivity contribution in [2.45, 2.75) is 39.2 Å². The quantitative estimate of drug-likeness (QED) is 0.697. The fourth-order valence-electron chi connectivity index (χ4n) is 4.34. The first-order chi connectivity index (χ1) is 13.5. The van der Waals surface area contributed by atoms with Crippen LogP contribution < -0.4 is 9.47 Å². The number of rotatable bonds is 6. The lowest BCUT2D eigenvalue weighted by atomic mass is 9.78. The monoisotopic (exact) mass is 388 g/mol. The van der Waals surface area contributed by atoms with Gasteiger partial charge in [0.05, 0.1) is 19.6 Å². The lowest BCUT2D eigenvalue weighted by Gasteiger charge is -2.39. The van der Waals surface area contributed by atoms with Crippen LogP contribution in [0.2, 0.25) is 0 Å². The first kappa shape index (κ1) is 20.2. The molecular weight excluding hydrogens is 360 g/mol. The van der Waals surface area contributed by atoms with E-state index in [0.29, 0.717) is 44.1 Å². The molecule has 2 aliphatic heterocycles. The van der Waals surface area contributed by atoms with Crippen LogP contribution in [0, 0.1) is 5.41 Å². The molecule has 2 fully saturated rings. The second kappa shape index (κ2) is 8.20. The summed E-state index contributed by atoms with van der Waals surface area (Å²) in [4.78, 5) is 40.8. The van der Waals surface area contributed by atoms with Crippen molar-refractivity contribution < 1.29 is 23.9 Å². The number of ketones is 1. The van der Waals surface area contributed by atoms with E-state index in [-0.39, 0.29) is 12.3 Å². The van der Waals surface area contributed by atoms with E-state index in [0.717, 1.165) is 18.4 Å². The van der Waals surface area contributed by atoms with Crippen molar-refractivity contribution >= 4 is 17.6 Å². The average molecular weight is 388 g/mol. The molecule has 0 radical (unpaired) electrons. The molecule has 28 heavy (non-hydrogen) atoms. The zero-order valence-corrected chi connectivity index (χ0v) is 16.8. The number of methoxy groups -OCH3 is 2. The highest BCUT2D eigenvalue weighted by molar-refractivity contribution is 6.36. The van der Waals surface area contributed by atoms with Crippen molar-refractivity contribution in [3.63, 3.8) is 0 Å². The third kappa shape index (κ3) is 3.57. The van der Waals surface area contributed by atoms with Gasteiger partial charge in [-0.1, -0.05) is 19.1 Å². The van der Waals surface area contributed by atoms with Crippen LogP contribution in [0.3, 0.4) is 0 Å². The third-order valence-electron chi connectivity index (χ3n) is 5.87. The van der Waals surface area contributed by atoms with Gasteiger partial charge < -0.3 is 19.3 Å². The molecule has 3 rings (SSSR count). The first-order valence-electron chi connectivity index (χ1n) is 9.77. The predicted molar refractivity (Wildman–Crippen MR) is 103 cm³/mol. The topological polar surface area (TPSA) is 76.2 Å². The van der Waals surface area contributed by atoms with Gasteiger partial charge in [0.15, 0.2) is 11.5 Å². The fourth-order valence-corrected chi connectivity index (χ4v) is 4.34. The van der Waals surface area contributed by atoms with Crippen molar-refractivity contribution in [3.05, 3.63) is 23.8 Å². The van der Waals surface area contributed by atoms with Gasteiger partial charge in [0.1, 0.15) is 0 Å². The van der Waals surface area contributed by atoms with E-state index in [4.69, 9.17) is 9.47 Å². The molecule has 1 atom stereocenters. The predicted octanol–water partition coefficient (Wildman–Crippen LogP) is 2.02. The third-order valence-corrected chi connectivity index (χ3v) is 5.87. The Kier molecular flexibility index (Phi) is 5.91. The maximum atomic E-state index is 13.3. The van der Waals surface area contributed by atoms with Gasteiger partial charge in [-0.05, 0) is 25.3 Å². The summed E-state index contributed by atoms with van der Waals surface area (Å²) in [7, 11) is 3.18. The van der Waals surface area contributed by atoms with E-state index in [1.54, 1.807) is 26.0 Å². The second-order valence-electron chi connectivity index (χ2n) is 7.52. The largest absolute Gasteiger partial charge is 0.493 e. The molecule has 2 amide bonds. The van der Waals surface area contributed by atoms with Crippen LogP contribution in [0.4, 0.5) is 0 Å². The minimum Gasteiger partial charge on any atom is -0.493 e. The minimum atomic E-state index is -0.575. The molecule has 0 aromatic heterocycles. The Morgan fingerprint density at radius 2 is 1.93 bits per heavy atom. The summed E-state index contributed by atoms with van der Waals surface area (Å²) in [5.74, 6) is 0.476. The van der Waals surface area contributed by atoms with Gasteiger partial charge in [-0.2, -0.15) is 0 Å². The number of carbonyl (C=O) groups is 3. The zero-order chi connectivity index (χ0) is 20.3. The number of benzene rings is 1. The van der Waals surface area contributed by atoms with Crippen LogP contribution in [0.25, 0.3) is 0 Å². The average Bonchev–Trinajstić information content (AvgIpc) is 3.15. The molecule has 1 spiro atoms. The Bertz CT molecular complexity index is 778. The standard InChI is InChI=1S/C21H28N2O5/c1-4-16(24)19(25)23-12-10-21(14-23)9-6-11-22(20(21)26)13-15-7-5-8-17(27-2)18(15)28-3/h5,7-8H,4,6,9-14H2,1-3H3/t21-/m0/s1. The normalized spacial score (nSPS) is 21.9. The lowest BCUT2D eigenvalue weighted by Crippen LogP contribution is -2.50. The fraction of sp³-hybridized carbons (Fsp3) is 0.571. The first-order valence-corrected chi connectivity index (χ1v) is 9.77. The van der Waals surface area contributed by atoms with Crippen molar-refractivity contribution in [1.82, 2.24) is 9.80 Å². The van der Waals surface area contributed by atoms with Crippen LogP contribution >= 0.6 is 0 Å². The number of piperidine rings is 1. The van der Waals surface area contributed by atoms with Gasteiger partial charge in [0.25, 0.3) is 5.91 Å². The van der Waals surface area contributed by atoms with E-state index in [1.165, 1.54) is 0 Å². The minimum absolute atomic E-state index is 0.0582. The van der Waals surface area contributed by atoms with Gasteiger partial charge in [0, 0.05) is 38.2 Å². The molecule has 1 aromatic rings. The van der Waals surface area contributed by atoms with E-state index in [9.17, 15) is 14.4 Å². The molecule has 7 heteroatoms. The van der Waals surface area contributed by atoms with Gasteiger partial charge >= 0.3 is 0 Å². The van der Waals surface area contributed by atoms with Gasteiger partial charge in [0.2, 0.25) is 11.7 Å². The molecule has 7 nitrogen and oxygen atoms in total. The Balaban J connectivity index is 1.77. The van der Waals surface area contributed by atoms with E-state index >= 15 is 0 Å². The van der Waals surface area contributed by atoms with Crippen LogP contribution in [0.15, 0.2) is 18.2 Å². The highest BCUT2D eigenvalue weighted by atomic mass is 16.5. The summed E-state index contributed by atoms with van der Waals surface area (Å²) in [5, 5.41) is 0. The summed E-state index contributed by atoms with van der Waals surface area (Å²) in [6.07, 6.45) is 2.43. The highest BCUT2D eigenvalue weighted by Crippen LogP contribution is 2.41. The molecule has 2 saturated heterocycles. The Hall–Kier alpha value is -2.57. The summed E-state index contributed by atoms with van der Waals surface area (Å²) < 4.78 is 10.9. The summed E-state index contributed by atoms with van der Waals surface area (Å²) in [6.45, 7) is 3.58. The lowest BCUT2D eigenvalue weighted by molar-refractivity contribution is -0.148. The van der Waals surface area contributed by atoms with Crippen molar-refractivity contribution in [2.24, 2.45) is 5.41 Å². The highest BCUT2D eigenvalue weighted by Gasteiger charge is 2.49. The number of amides is 2. The molecule has 0 N–H and O–H groups in total. The molecule has 0 aliphatic carbocycles. The van der Waals surface area contributed by atoms with Crippen molar-refractivity contribution in [1.29, 1.82) is 0 Å². The molecular formula is C21H28N2O5. The number of para-hydroxylation sites is 1. The van der Waals surface area contributed by atoms with Crippen molar-refractivity contribution in [3.8, 4) is 11.5 Å². The number of likely N-dealkylation sites (tertiary alicyclic amines) is 2.